The zero-order chi connectivity index (χ0) is 14.7. The summed E-state index contributed by atoms with van der Waals surface area (Å²) < 4.78 is 14.4. The Bertz CT molecular complexity index is 679. The summed E-state index contributed by atoms with van der Waals surface area (Å²) in [6, 6.07) is 16.4. The quantitative estimate of drug-likeness (QED) is 0.727. The fourth-order valence-corrected chi connectivity index (χ4v) is 2.65. The number of amides is 1. The van der Waals surface area contributed by atoms with E-state index in [0.717, 1.165) is 24.0 Å². The molecule has 0 spiro atoms. The van der Waals surface area contributed by atoms with Gasteiger partial charge >= 0.3 is 0 Å². The van der Waals surface area contributed by atoms with Crippen LogP contribution in [0.3, 0.4) is 0 Å². The van der Waals surface area contributed by atoms with E-state index in [-0.39, 0.29) is 11.6 Å². The smallest absolute Gasteiger partial charge is 0.267 e. The van der Waals surface area contributed by atoms with Gasteiger partial charge in [-0.05, 0) is 37.0 Å². The summed E-state index contributed by atoms with van der Waals surface area (Å²) in [7, 11) is 0. The number of carbonyl (C=O) groups excluding carboxylic acids is 1. The van der Waals surface area contributed by atoms with Crippen LogP contribution in [-0.4, -0.2) is 17.8 Å². The standard InChI is InChI=1S/C18H16FNO/c19-16-12-6-10-13-7-4-5-11-15(13)17(16)20-18(21)14-8-2-1-3-9-14/h1-5,7-9,11,16H,6,10,12H2. The van der Waals surface area contributed by atoms with E-state index in [0.29, 0.717) is 12.0 Å². The molecular weight excluding hydrogens is 265 g/mol. The second-order valence-electron chi connectivity index (χ2n) is 5.19. The van der Waals surface area contributed by atoms with Gasteiger partial charge in [-0.25, -0.2) is 9.38 Å². The van der Waals surface area contributed by atoms with Crippen molar-refractivity contribution in [1.29, 1.82) is 0 Å². The van der Waals surface area contributed by atoms with Gasteiger partial charge in [-0.15, -0.1) is 0 Å². The fraction of sp³-hybridized carbons (Fsp3) is 0.222. The molecule has 1 aliphatic rings. The maximum Gasteiger partial charge on any atom is 0.277 e. The number of halogens is 1. The van der Waals surface area contributed by atoms with Gasteiger partial charge in [0.25, 0.3) is 5.91 Å². The number of nitrogens with zero attached hydrogens (tertiary/aromatic N) is 1. The summed E-state index contributed by atoms with van der Waals surface area (Å²) in [4.78, 5) is 16.3. The molecule has 106 valence electrons. The molecule has 1 aliphatic carbocycles. The predicted molar refractivity (Wildman–Crippen MR) is 81.6 cm³/mol. The Morgan fingerprint density at radius 2 is 1.76 bits per heavy atom. The lowest BCUT2D eigenvalue weighted by atomic mass is 10.0. The monoisotopic (exact) mass is 281 g/mol. The summed E-state index contributed by atoms with van der Waals surface area (Å²) in [6.07, 6.45) is 0.836. The van der Waals surface area contributed by atoms with Gasteiger partial charge in [-0.2, -0.15) is 0 Å². The number of rotatable bonds is 1. The summed E-state index contributed by atoms with van der Waals surface area (Å²) in [5, 5.41) is 0. The number of benzene rings is 2. The minimum absolute atomic E-state index is 0.275. The number of aliphatic imine (C=N–C) groups is 1. The number of aryl methyl sites for hydroxylation is 1. The van der Waals surface area contributed by atoms with Crippen molar-refractivity contribution in [2.75, 3.05) is 0 Å². The van der Waals surface area contributed by atoms with E-state index in [2.05, 4.69) is 4.99 Å². The van der Waals surface area contributed by atoms with Crippen molar-refractivity contribution in [3.63, 3.8) is 0 Å². The third kappa shape index (κ3) is 2.92. The first-order valence-corrected chi connectivity index (χ1v) is 7.16. The maximum absolute atomic E-state index is 14.4. The molecule has 0 bridgehead atoms. The van der Waals surface area contributed by atoms with Crippen LogP contribution in [-0.2, 0) is 6.42 Å². The average molecular weight is 281 g/mol. The van der Waals surface area contributed by atoms with Crippen molar-refractivity contribution in [3.8, 4) is 0 Å². The molecule has 0 aliphatic heterocycles. The zero-order valence-electron chi connectivity index (χ0n) is 11.6. The van der Waals surface area contributed by atoms with Gasteiger partial charge in [-0.1, -0.05) is 42.5 Å². The van der Waals surface area contributed by atoms with E-state index in [1.165, 1.54) is 0 Å². The molecule has 0 aromatic heterocycles. The topological polar surface area (TPSA) is 29.4 Å². The van der Waals surface area contributed by atoms with Gasteiger partial charge < -0.3 is 0 Å². The Morgan fingerprint density at radius 1 is 1.05 bits per heavy atom. The molecule has 0 radical (unpaired) electrons. The molecule has 1 unspecified atom stereocenters. The number of hydrogen-bond acceptors (Lipinski definition) is 1. The largest absolute Gasteiger partial charge is 0.277 e. The molecule has 3 rings (SSSR count). The first kappa shape index (κ1) is 13.7. The number of hydrogen-bond donors (Lipinski definition) is 0. The van der Waals surface area contributed by atoms with Crippen molar-refractivity contribution in [1.82, 2.24) is 0 Å². The van der Waals surface area contributed by atoms with E-state index < -0.39 is 6.17 Å². The molecule has 1 atom stereocenters. The highest BCUT2D eigenvalue weighted by atomic mass is 19.1. The first-order chi connectivity index (χ1) is 10.3. The van der Waals surface area contributed by atoms with Crippen LogP contribution in [0.1, 0.15) is 34.3 Å². The second kappa shape index (κ2) is 6.00. The van der Waals surface area contributed by atoms with E-state index in [1.807, 2.05) is 30.3 Å². The van der Waals surface area contributed by atoms with E-state index in [1.54, 1.807) is 24.3 Å². The van der Waals surface area contributed by atoms with Crippen LogP contribution in [0.4, 0.5) is 4.39 Å². The average Bonchev–Trinajstić information content (AvgIpc) is 2.68. The highest BCUT2D eigenvalue weighted by molar-refractivity contribution is 6.13. The molecule has 0 fully saturated rings. The molecule has 0 saturated heterocycles. The molecule has 2 aromatic rings. The molecule has 2 nitrogen and oxygen atoms in total. The highest BCUT2D eigenvalue weighted by Gasteiger charge is 2.24. The first-order valence-electron chi connectivity index (χ1n) is 7.16. The van der Waals surface area contributed by atoms with Gasteiger partial charge in [0, 0.05) is 11.1 Å². The Labute approximate surface area is 123 Å². The Balaban J connectivity index is 2.03. The number of carbonyl (C=O) groups is 1. The van der Waals surface area contributed by atoms with Crippen LogP contribution in [0.15, 0.2) is 59.6 Å². The van der Waals surface area contributed by atoms with E-state index >= 15 is 0 Å². The van der Waals surface area contributed by atoms with Crippen LogP contribution in [0.2, 0.25) is 0 Å². The second-order valence-corrected chi connectivity index (χ2v) is 5.19. The third-order valence-electron chi connectivity index (χ3n) is 3.74. The maximum atomic E-state index is 14.4. The molecule has 0 heterocycles. The normalized spacial score (nSPS) is 19.9. The molecular formula is C18H16FNO. The fourth-order valence-electron chi connectivity index (χ4n) is 2.65. The van der Waals surface area contributed by atoms with Crippen molar-refractivity contribution in [2.45, 2.75) is 25.4 Å². The Hall–Kier alpha value is -2.29. The highest BCUT2D eigenvalue weighted by Crippen LogP contribution is 2.23. The van der Waals surface area contributed by atoms with Crippen LogP contribution >= 0.6 is 0 Å². The van der Waals surface area contributed by atoms with E-state index in [9.17, 15) is 9.18 Å². The predicted octanol–water partition coefficient (Wildman–Crippen LogP) is 3.99. The van der Waals surface area contributed by atoms with Gasteiger partial charge in [-0.3, -0.25) is 4.79 Å². The van der Waals surface area contributed by atoms with Crippen molar-refractivity contribution < 1.29 is 9.18 Å². The zero-order valence-corrected chi connectivity index (χ0v) is 11.6. The third-order valence-corrected chi connectivity index (χ3v) is 3.74. The molecule has 0 N–H and O–H groups in total. The van der Waals surface area contributed by atoms with Gasteiger partial charge in [0.1, 0.15) is 6.17 Å². The molecule has 2 aromatic carbocycles. The summed E-state index contributed by atoms with van der Waals surface area (Å²) in [6.45, 7) is 0. The van der Waals surface area contributed by atoms with Crippen LogP contribution in [0, 0.1) is 0 Å². The van der Waals surface area contributed by atoms with Gasteiger partial charge in [0.05, 0.1) is 5.71 Å². The summed E-state index contributed by atoms with van der Waals surface area (Å²) >= 11 is 0. The Kier molecular flexibility index (Phi) is 3.91. The van der Waals surface area contributed by atoms with Crippen molar-refractivity contribution in [3.05, 3.63) is 71.3 Å². The molecule has 21 heavy (non-hydrogen) atoms. The molecule has 3 heteroatoms. The lowest BCUT2D eigenvalue weighted by molar-refractivity contribution is 0.100. The minimum Gasteiger partial charge on any atom is -0.267 e. The van der Waals surface area contributed by atoms with Gasteiger partial charge in [0.2, 0.25) is 0 Å². The van der Waals surface area contributed by atoms with Crippen LogP contribution < -0.4 is 0 Å². The summed E-state index contributed by atoms with van der Waals surface area (Å²) in [5.74, 6) is -0.384. The molecule has 1 amide bonds. The Morgan fingerprint density at radius 3 is 2.57 bits per heavy atom. The number of fused-ring (bicyclic) bond motifs is 1. The van der Waals surface area contributed by atoms with Crippen molar-refractivity contribution in [2.24, 2.45) is 4.99 Å². The van der Waals surface area contributed by atoms with E-state index in [4.69, 9.17) is 0 Å². The van der Waals surface area contributed by atoms with Crippen LogP contribution in [0.25, 0.3) is 0 Å². The van der Waals surface area contributed by atoms with Gasteiger partial charge in [0.15, 0.2) is 0 Å². The lowest BCUT2D eigenvalue weighted by Crippen LogP contribution is -2.18. The molecule has 0 saturated carbocycles. The van der Waals surface area contributed by atoms with Crippen LogP contribution in [0.5, 0.6) is 0 Å². The van der Waals surface area contributed by atoms with Crippen molar-refractivity contribution >= 4 is 11.6 Å². The SMILES string of the molecule is O=C(N=C1c2ccccc2CCCC1F)c1ccccc1. The summed E-state index contributed by atoms with van der Waals surface area (Å²) in [5.41, 5.74) is 2.60. The minimum atomic E-state index is -1.18. The lowest BCUT2D eigenvalue weighted by Gasteiger charge is -2.10. The number of alkyl halides is 1.